The molecule has 1 unspecified atom stereocenters. The summed E-state index contributed by atoms with van der Waals surface area (Å²) in [6, 6.07) is 0. The number of carboxylic acid groups (broad SMARTS) is 2. The molecule has 0 saturated heterocycles. The number of carboxylic acids is 2. The fourth-order valence-electron chi connectivity index (χ4n) is 1.00. The van der Waals surface area contributed by atoms with E-state index in [1.54, 1.807) is 0 Å². The molecule has 0 bridgehead atoms. The topological polar surface area (TPSA) is 173 Å². The standard InChI is InChI=1S/C9H13NO9/c10-1-2-18-8(16)19-6(13)4-9(17,7(14)15)3-5(11)12/h17H,1-4,10H2,(H,11,12)(H,14,15). The molecule has 5 N–H and O–H groups in total. The molecule has 0 saturated carbocycles. The van der Waals surface area contributed by atoms with Gasteiger partial charge in [-0.15, -0.1) is 0 Å². The molecule has 0 rings (SSSR count). The average molecular weight is 279 g/mol. The molecule has 10 heteroatoms. The van der Waals surface area contributed by atoms with Crippen molar-refractivity contribution in [2.24, 2.45) is 5.73 Å². The first-order valence-corrected chi connectivity index (χ1v) is 4.96. The predicted octanol–water partition coefficient (Wildman–Crippen LogP) is -1.69. The van der Waals surface area contributed by atoms with Crippen LogP contribution in [0.25, 0.3) is 0 Å². The fourth-order valence-corrected chi connectivity index (χ4v) is 1.00. The lowest BCUT2D eigenvalue weighted by atomic mass is 9.96. The Morgan fingerprint density at radius 3 is 2.11 bits per heavy atom. The zero-order valence-corrected chi connectivity index (χ0v) is 9.70. The van der Waals surface area contributed by atoms with E-state index in [-0.39, 0.29) is 13.2 Å². The first-order chi connectivity index (χ1) is 8.71. The summed E-state index contributed by atoms with van der Waals surface area (Å²) < 4.78 is 8.27. The number of aliphatic carboxylic acids is 2. The molecule has 0 aromatic heterocycles. The summed E-state index contributed by atoms with van der Waals surface area (Å²) in [7, 11) is 0. The van der Waals surface area contributed by atoms with Crippen LogP contribution in [0.15, 0.2) is 0 Å². The second-order valence-electron chi connectivity index (χ2n) is 3.45. The van der Waals surface area contributed by atoms with Crippen LogP contribution in [0.1, 0.15) is 12.8 Å². The smallest absolute Gasteiger partial charge is 0.481 e. The highest BCUT2D eigenvalue weighted by atomic mass is 16.7. The minimum atomic E-state index is -2.86. The Hall–Kier alpha value is -2.20. The van der Waals surface area contributed by atoms with E-state index in [2.05, 4.69) is 9.47 Å². The molecule has 0 heterocycles. The SMILES string of the molecule is NCCOC(=O)OC(=O)CC(O)(CC(=O)O)C(=O)O. The maximum absolute atomic E-state index is 11.1. The quantitative estimate of drug-likeness (QED) is 0.310. The molecule has 0 aromatic rings. The second-order valence-corrected chi connectivity index (χ2v) is 3.45. The Labute approximate surface area is 106 Å². The van der Waals surface area contributed by atoms with Gasteiger partial charge >= 0.3 is 24.1 Å². The Morgan fingerprint density at radius 2 is 1.68 bits per heavy atom. The van der Waals surface area contributed by atoms with Crippen LogP contribution in [-0.2, 0) is 23.9 Å². The molecular weight excluding hydrogens is 266 g/mol. The zero-order valence-electron chi connectivity index (χ0n) is 9.70. The lowest BCUT2D eigenvalue weighted by molar-refractivity contribution is -0.170. The molecule has 0 aliphatic heterocycles. The summed E-state index contributed by atoms with van der Waals surface area (Å²) in [6.45, 7) is -0.230. The third-order valence-electron chi connectivity index (χ3n) is 1.81. The monoisotopic (exact) mass is 279 g/mol. The van der Waals surface area contributed by atoms with Gasteiger partial charge in [0.1, 0.15) is 6.61 Å². The summed E-state index contributed by atoms with van der Waals surface area (Å²) in [4.78, 5) is 43.1. The van der Waals surface area contributed by atoms with Crippen LogP contribution < -0.4 is 5.73 Å². The van der Waals surface area contributed by atoms with E-state index < -0.39 is 42.5 Å². The van der Waals surface area contributed by atoms with Crippen molar-refractivity contribution in [1.82, 2.24) is 0 Å². The van der Waals surface area contributed by atoms with E-state index in [1.165, 1.54) is 0 Å². The predicted molar refractivity (Wildman–Crippen MR) is 55.9 cm³/mol. The van der Waals surface area contributed by atoms with Crippen molar-refractivity contribution in [3.63, 3.8) is 0 Å². The number of rotatable bonds is 7. The van der Waals surface area contributed by atoms with Crippen molar-refractivity contribution < 1.29 is 44.0 Å². The highest BCUT2D eigenvalue weighted by Crippen LogP contribution is 2.17. The average Bonchev–Trinajstić information content (AvgIpc) is 2.24. The molecule has 108 valence electrons. The van der Waals surface area contributed by atoms with Gasteiger partial charge in [0, 0.05) is 6.54 Å². The normalized spacial score (nSPS) is 13.2. The lowest BCUT2D eigenvalue weighted by Gasteiger charge is -2.19. The number of ether oxygens (including phenoxy) is 2. The van der Waals surface area contributed by atoms with Gasteiger partial charge in [-0.25, -0.2) is 9.59 Å². The molecule has 0 aliphatic rings. The second kappa shape index (κ2) is 7.28. The summed E-state index contributed by atoms with van der Waals surface area (Å²) in [5, 5.41) is 26.5. The van der Waals surface area contributed by atoms with Crippen molar-refractivity contribution in [1.29, 1.82) is 0 Å². The zero-order chi connectivity index (χ0) is 15.1. The first kappa shape index (κ1) is 16.8. The van der Waals surface area contributed by atoms with Crippen LogP contribution in [0.2, 0.25) is 0 Å². The van der Waals surface area contributed by atoms with E-state index in [9.17, 15) is 24.3 Å². The molecule has 0 amide bonds. The minimum Gasteiger partial charge on any atom is -0.481 e. The Bertz CT molecular complexity index is 380. The van der Waals surface area contributed by atoms with E-state index in [1.807, 2.05) is 0 Å². The van der Waals surface area contributed by atoms with Crippen molar-refractivity contribution in [2.45, 2.75) is 18.4 Å². The number of nitrogens with two attached hydrogens (primary N) is 1. The van der Waals surface area contributed by atoms with E-state index in [4.69, 9.17) is 15.9 Å². The maximum Gasteiger partial charge on any atom is 0.516 e. The summed E-state index contributed by atoms with van der Waals surface area (Å²) >= 11 is 0. The molecule has 1 atom stereocenters. The number of carbonyl (C=O) groups excluding carboxylic acids is 2. The van der Waals surface area contributed by atoms with Gasteiger partial charge in [-0.1, -0.05) is 0 Å². The van der Waals surface area contributed by atoms with Crippen molar-refractivity contribution >= 4 is 24.1 Å². The molecule has 10 nitrogen and oxygen atoms in total. The number of esters is 1. The van der Waals surface area contributed by atoms with Crippen LogP contribution >= 0.6 is 0 Å². The Morgan fingerprint density at radius 1 is 1.11 bits per heavy atom. The van der Waals surface area contributed by atoms with Crippen LogP contribution in [0.4, 0.5) is 4.79 Å². The van der Waals surface area contributed by atoms with Crippen LogP contribution in [0.3, 0.4) is 0 Å². The minimum absolute atomic E-state index is 0.0125. The summed E-state index contributed by atoms with van der Waals surface area (Å²) in [5.41, 5.74) is 2.14. The lowest BCUT2D eigenvalue weighted by Crippen LogP contribution is -2.43. The molecule has 0 spiro atoms. The molecule has 0 radical (unpaired) electrons. The number of aliphatic hydroxyl groups is 1. The molecule has 0 aliphatic carbocycles. The van der Waals surface area contributed by atoms with E-state index >= 15 is 0 Å². The molecule has 0 fully saturated rings. The van der Waals surface area contributed by atoms with Gasteiger partial charge in [-0.3, -0.25) is 9.59 Å². The fraction of sp³-hybridized carbons (Fsp3) is 0.556. The van der Waals surface area contributed by atoms with Crippen LogP contribution in [0, 0.1) is 0 Å². The highest BCUT2D eigenvalue weighted by Gasteiger charge is 2.42. The molecule has 0 aromatic carbocycles. The number of carbonyl (C=O) groups is 4. The summed E-state index contributed by atoms with van der Waals surface area (Å²) in [6.07, 6.45) is -3.86. The van der Waals surface area contributed by atoms with Gasteiger partial charge < -0.3 is 30.5 Å². The third kappa shape index (κ3) is 6.33. The van der Waals surface area contributed by atoms with Gasteiger partial charge in [0.15, 0.2) is 5.60 Å². The molecular formula is C9H13NO9. The van der Waals surface area contributed by atoms with Gasteiger partial charge in [0.05, 0.1) is 12.8 Å². The van der Waals surface area contributed by atoms with Gasteiger partial charge in [-0.05, 0) is 0 Å². The largest absolute Gasteiger partial charge is 0.516 e. The number of hydrogen-bond acceptors (Lipinski definition) is 8. The van der Waals surface area contributed by atoms with E-state index in [0.29, 0.717) is 0 Å². The Kier molecular flexibility index (Phi) is 6.44. The van der Waals surface area contributed by atoms with Crippen molar-refractivity contribution in [3.05, 3.63) is 0 Å². The Balaban J connectivity index is 4.52. The highest BCUT2D eigenvalue weighted by molar-refractivity contribution is 5.91. The maximum atomic E-state index is 11.1. The first-order valence-electron chi connectivity index (χ1n) is 4.96. The van der Waals surface area contributed by atoms with Crippen molar-refractivity contribution in [2.75, 3.05) is 13.2 Å². The van der Waals surface area contributed by atoms with Crippen LogP contribution in [0.5, 0.6) is 0 Å². The van der Waals surface area contributed by atoms with E-state index in [0.717, 1.165) is 0 Å². The van der Waals surface area contributed by atoms with Crippen molar-refractivity contribution in [3.8, 4) is 0 Å². The summed E-state index contributed by atoms with van der Waals surface area (Å²) in [5.74, 6) is -5.00. The van der Waals surface area contributed by atoms with Crippen LogP contribution in [-0.4, -0.2) is 58.1 Å². The third-order valence-corrected chi connectivity index (χ3v) is 1.81. The molecule has 19 heavy (non-hydrogen) atoms. The number of hydrogen-bond donors (Lipinski definition) is 4. The van der Waals surface area contributed by atoms with Gasteiger partial charge in [0.2, 0.25) is 0 Å². The van der Waals surface area contributed by atoms with Gasteiger partial charge in [0.25, 0.3) is 0 Å². The van der Waals surface area contributed by atoms with Gasteiger partial charge in [-0.2, -0.15) is 0 Å².